The summed E-state index contributed by atoms with van der Waals surface area (Å²) >= 11 is 1.18. The Labute approximate surface area is 227 Å². The van der Waals surface area contributed by atoms with Gasteiger partial charge in [0.25, 0.3) is 0 Å². The Morgan fingerprint density at radius 2 is 1.53 bits per heavy atom. The SMILES string of the molecule is CCC[C@H]1CN[C@H](C(=O)N[C@@H]([C@H]2O[C@H](SC)[C@H](OC(C)=O)[C@@H](OC(C)=O)[C@H]2OC(C)=O)[C@@H](C)OC(C)=O)C1. The molecule has 2 saturated heterocycles. The molecule has 0 aliphatic carbocycles. The van der Waals surface area contributed by atoms with Crippen molar-refractivity contribution < 1.29 is 47.7 Å². The molecule has 216 valence electrons. The molecule has 13 heteroatoms. The lowest BCUT2D eigenvalue weighted by Crippen LogP contribution is -2.68. The zero-order chi connectivity index (χ0) is 28.6. The predicted molar refractivity (Wildman–Crippen MR) is 137 cm³/mol. The third-order valence-corrected chi connectivity index (χ3v) is 7.27. The topological polar surface area (TPSA) is 156 Å². The Morgan fingerprint density at radius 1 is 0.947 bits per heavy atom. The van der Waals surface area contributed by atoms with Gasteiger partial charge in [0, 0.05) is 27.7 Å². The summed E-state index contributed by atoms with van der Waals surface area (Å²) in [5, 5.41) is 6.15. The van der Waals surface area contributed by atoms with Gasteiger partial charge in [-0.3, -0.25) is 24.0 Å². The van der Waals surface area contributed by atoms with E-state index in [1.165, 1.54) is 39.5 Å². The maximum Gasteiger partial charge on any atom is 0.303 e. The zero-order valence-electron chi connectivity index (χ0n) is 23.0. The molecular formula is C25H40N2O10S. The van der Waals surface area contributed by atoms with E-state index in [1.54, 1.807) is 13.2 Å². The molecular weight excluding hydrogens is 520 g/mol. The van der Waals surface area contributed by atoms with Crippen molar-refractivity contribution in [1.29, 1.82) is 0 Å². The standard InChI is InChI=1S/C25H40N2O10S/c1-8-9-17-10-18(26-11-17)24(32)27-19(12(2)33-13(3)28)20-21(34-14(4)29)22(35-15(5)30)23(36-16(6)31)25(37-20)38-7/h12,17-23,25-26H,8-11H2,1-7H3,(H,27,32)/t12-,17-,18+,19-,20-,21+,22+,23-,25-/m1/s1. The Hall–Kier alpha value is -2.38. The van der Waals surface area contributed by atoms with Gasteiger partial charge in [-0.15, -0.1) is 11.8 Å². The number of esters is 4. The molecule has 2 aliphatic rings. The van der Waals surface area contributed by atoms with Crippen molar-refractivity contribution in [2.45, 2.75) is 109 Å². The predicted octanol–water partition coefficient (Wildman–Crippen LogP) is 1.08. The molecule has 0 aromatic rings. The van der Waals surface area contributed by atoms with Gasteiger partial charge in [0.15, 0.2) is 18.3 Å². The maximum atomic E-state index is 13.4. The van der Waals surface area contributed by atoms with Crippen molar-refractivity contribution in [3.63, 3.8) is 0 Å². The third kappa shape index (κ3) is 8.84. The minimum Gasteiger partial charge on any atom is -0.461 e. The van der Waals surface area contributed by atoms with Crippen LogP contribution in [0.1, 0.15) is 60.8 Å². The minimum absolute atomic E-state index is 0.329. The Morgan fingerprint density at radius 3 is 2.05 bits per heavy atom. The van der Waals surface area contributed by atoms with Gasteiger partial charge in [-0.1, -0.05) is 13.3 Å². The maximum absolute atomic E-state index is 13.4. The Bertz CT molecular complexity index is 871. The van der Waals surface area contributed by atoms with E-state index in [0.717, 1.165) is 12.8 Å². The molecule has 2 fully saturated rings. The van der Waals surface area contributed by atoms with Crippen molar-refractivity contribution in [3.8, 4) is 0 Å². The van der Waals surface area contributed by atoms with Gasteiger partial charge >= 0.3 is 23.9 Å². The first-order chi connectivity index (χ1) is 17.9. The molecule has 2 heterocycles. The largest absolute Gasteiger partial charge is 0.461 e. The van der Waals surface area contributed by atoms with Gasteiger partial charge in [-0.2, -0.15) is 0 Å². The first kappa shape index (κ1) is 31.8. The molecule has 0 spiro atoms. The summed E-state index contributed by atoms with van der Waals surface area (Å²) in [4.78, 5) is 61.3. The van der Waals surface area contributed by atoms with Crippen molar-refractivity contribution in [1.82, 2.24) is 10.6 Å². The number of rotatable bonds is 11. The second-order valence-corrected chi connectivity index (χ2v) is 10.6. The molecule has 2 rings (SSSR count). The van der Waals surface area contributed by atoms with E-state index < -0.39 is 71.9 Å². The Balaban J connectivity index is 2.48. The third-order valence-electron chi connectivity index (χ3n) is 6.43. The quantitative estimate of drug-likeness (QED) is 0.274. The van der Waals surface area contributed by atoms with Crippen molar-refractivity contribution in [2.75, 3.05) is 12.8 Å². The molecule has 0 aromatic carbocycles. The van der Waals surface area contributed by atoms with E-state index in [-0.39, 0.29) is 5.91 Å². The molecule has 0 radical (unpaired) electrons. The monoisotopic (exact) mass is 560 g/mol. The van der Waals surface area contributed by atoms with Crippen LogP contribution < -0.4 is 10.6 Å². The van der Waals surface area contributed by atoms with Crippen LogP contribution in [0.4, 0.5) is 0 Å². The van der Waals surface area contributed by atoms with Crippen LogP contribution in [0, 0.1) is 5.92 Å². The average Bonchev–Trinajstić information content (AvgIpc) is 3.27. The van der Waals surface area contributed by atoms with E-state index >= 15 is 0 Å². The van der Waals surface area contributed by atoms with Crippen LogP contribution in [0.5, 0.6) is 0 Å². The van der Waals surface area contributed by atoms with E-state index in [9.17, 15) is 24.0 Å². The fraction of sp³-hybridized carbons (Fsp3) is 0.800. The number of carbonyl (C=O) groups excluding carboxylic acids is 5. The second-order valence-electron chi connectivity index (χ2n) is 9.63. The number of amides is 1. The molecule has 38 heavy (non-hydrogen) atoms. The summed E-state index contributed by atoms with van der Waals surface area (Å²) in [5.74, 6) is -2.62. The summed E-state index contributed by atoms with van der Waals surface area (Å²) in [7, 11) is 0. The van der Waals surface area contributed by atoms with E-state index in [2.05, 4.69) is 17.6 Å². The van der Waals surface area contributed by atoms with Gasteiger partial charge < -0.3 is 34.3 Å². The molecule has 12 nitrogen and oxygen atoms in total. The average molecular weight is 561 g/mol. The smallest absolute Gasteiger partial charge is 0.303 e. The van der Waals surface area contributed by atoms with Crippen LogP contribution in [0.2, 0.25) is 0 Å². The summed E-state index contributed by atoms with van der Waals surface area (Å²) < 4.78 is 28.2. The first-order valence-electron chi connectivity index (χ1n) is 12.8. The van der Waals surface area contributed by atoms with Gasteiger partial charge in [-0.25, -0.2) is 0 Å². The van der Waals surface area contributed by atoms with Crippen molar-refractivity contribution in [2.24, 2.45) is 5.92 Å². The number of nitrogens with one attached hydrogen (secondary N) is 2. The number of ether oxygens (including phenoxy) is 5. The first-order valence-corrected chi connectivity index (χ1v) is 14.1. The van der Waals surface area contributed by atoms with Crippen LogP contribution in [0.3, 0.4) is 0 Å². The molecule has 0 saturated carbocycles. The minimum atomic E-state index is -1.29. The molecule has 0 bridgehead atoms. The highest BCUT2D eigenvalue weighted by atomic mass is 32.2. The van der Waals surface area contributed by atoms with Crippen molar-refractivity contribution in [3.05, 3.63) is 0 Å². The molecule has 0 aromatic heterocycles. The summed E-state index contributed by atoms with van der Waals surface area (Å²) in [5.41, 5.74) is -0.859. The molecule has 0 unspecified atom stereocenters. The lowest BCUT2D eigenvalue weighted by atomic mass is 9.91. The van der Waals surface area contributed by atoms with Crippen LogP contribution in [-0.2, 0) is 47.7 Å². The van der Waals surface area contributed by atoms with Gasteiger partial charge in [0.1, 0.15) is 17.6 Å². The zero-order valence-corrected chi connectivity index (χ0v) is 23.8. The number of thioether (sulfide) groups is 1. The number of carbonyl (C=O) groups is 5. The lowest BCUT2D eigenvalue weighted by molar-refractivity contribution is -0.239. The molecule has 9 atom stereocenters. The van der Waals surface area contributed by atoms with Crippen LogP contribution >= 0.6 is 11.8 Å². The van der Waals surface area contributed by atoms with Crippen LogP contribution in [0.15, 0.2) is 0 Å². The number of hydrogen-bond acceptors (Lipinski definition) is 12. The van der Waals surface area contributed by atoms with Gasteiger partial charge in [0.2, 0.25) is 5.91 Å². The number of hydrogen-bond donors (Lipinski definition) is 2. The Kier molecular flexibility index (Phi) is 12.3. The van der Waals surface area contributed by atoms with E-state index in [0.29, 0.717) is 18.9 Å². The van der Waals surface area contributed by atoms with Gasteiger partial charge in [0.05, 0.1) is 12.1 Å². The highest BCUT2D eigenvalue weighted by Gasteiger charge is 2.55. The summed E-state index contributed by atoms with van der Waals surface area (Å²) in [6, 6.07) is -1.47. The van der Waals surface area contributed by atoms with Crippen molar-refractivity contribution >= 4 is 41.5 Å². The lowest BCUT2D eigenvalue weighted by Gasteiger charge is -2.47. The molecule has 1 amide bonds. The highest BCUT2D eigenvalue weighted by Crippen LogP contribution is 2.35. The normalized spacial score (nSPS) is 30.4. The summed E-state index contributed by atoms with van der Waals surface area (Å²) in [6.45, 7) is 9.15. The molecule has 2 aliphatic heterocycles. The van der Waals surface area contributed by atoms with Crippen LogP contribution in [-0.4, -0.2) is 90.6 Å². The second kappa shape index (κ2) is 14.7. The molecule has 2 N–H and O–H groups in total. The summed E-state index contributed by atoms with van der Waals surface area (Å²) in [6.07, 6.45) is -1.36. The van der Waals surface area contributed by atoms with E-state index in [1.807, 2.05) is 0 Å². The fourth-order valence-electron chi connectivity index (χ4n) is 4.99. The highest BCUT2D eigenvalue weighted by molar-refractivity contribution is 7.99. The fourth-order valence-corrected chi connectivity index (χ4v) is 5.70. The van der Waals surface area contributed by atoms with Crippen LogP contribution in [0.25, 0.3) is 0 Å². The van der Waals surface area contributed by atoms with Gasteiger partial charge in [-0.05, 0) is 38.5 Å². The van der Waals surface area contributed by atoms with E-state index in [4.69, 9.17) is 23.7 Å².